The third-order valence-corrected chi connectivity index (χ3v) is 3.93. The van der Waals surface area contributed by atoms with E-state index < -0.39 is 0 Å². The number of phenols is 1. The molecule has 0 bridgehead atoms. The standard InChI is InChI=1S/C19H32O/c1-12-13(17(2,3)4)11-14(18(5,6)7)16(20)15(12)19(8,9)10/h11,20H,1-10H3. The van der Waals surface area contributed by atoms with E-state index in [4.69, 9.17) is 0 Å². The molecule has 20 heavy (non-hydrogen) atoms. The number of hydrogen-bond acceptors (Lipinski definition) is 1. The summed E-state index contributed by atoms with van der Waals surface area (Å²) in [6.07, 6.45) is 0. The van der Waals surface area contributed by atoms with Gasteiger partial charge < -0.3 is 5.11 Å². The van der Waals surface area contributed by atoms with Crippen LogP contribution in [0.3, 0.4) is 0 Å². The lowest BCUT2D eigenvalue weighted by atomic mass is 9.72. The summed E-state index contributed by atoms with van der Waals surface area (Å²) in [6, 6.07) is 2.21. The summed E-state index contributed by atoms with van der Waals surface area (Å²) < 4.78 is 0. The summed E-state index contributed by atoms with van der Waals surface area (Å²) in [5, 5.41) is 10.8. The van der Waals surface area contributed by atoms with Crippen molar-refractivity contribution < 1.29 is 5.11 Å². The van der Waals surface area contributed by atoms with Gasteiger partial charge in [-0.2, -0.15) is 0 Å². The fourth-order valence-electron chi connectivity index (χ4n) is 3.04. The second-order valence-electron chi connectivity index (χ2n) is 9.07. The van der Waals surface area contributed by atoms with Crippen LogP contribution >= 0.6 is 0 Å². The highest BCUT2D eigenvalue weighted by molar-refractivity contribution is 5.56. The maximum atomic E-state index is 10.8. The second-order valence-corrected chi connectivity index (χ2v) is 9.07. The second kappa shape index (κ2) is 4.79. The van der Waals surface area contributed by atoms with E-state index in [9.17, 15) is 5.11 Å². The maximum absolute atomic E-state index is 10.8. The largest absolute Gasteiger partial charge is 0.507 e. The Morgan fingerprint density at radius 3 is 1.40 bits per heavy atom. The monoisotopic (exact) mass is 276 g/mol. The number of rotatable bonds is 0. The number of aromatic hydroxyl groups is 1. The van der Waals surface area contributed by atoms with Gasteiger partial charge in [-0.3, -0.25) is 0 Å². The molecule has 0 unspecified atom stereocenters. The quantitative estimate of drug-likeness (QED) is 0.654. The molecule has 0 atom stereocenters. The minimum atomic E-state index is -0.0601. The third kappa shape index (κ3) is 3.19. The van der Waals surface area contributed by atoms with E-state index in [0.29, 0.717) is 5.75 Å². The molecular weight excluding hydrogens is 244 g/mol. The SMILES string of the molecule is Cc1c(C(C)(C)C)cc(C(C)(C)C)c(O)c1C(C)(C)C. The van der Waals surface area contributed by atoms with E-state index >= 15 is 0 Å². The van der Waals surface area contributed by atoms with Gasteiger partial charge in [0.15, 0.2) is 0 Å². The van der Waals surface area contributed by atoms with Crippen molar-refractivity contribution in [2.45, 2.75) is 85.5 Å². The van der Waals surface area contributed by atoms with Crippen LogP contribution in [0, 0.1) is 6.92 Å². The summed E-state index contributed by atoms with van der Waals surface area (Å²) in [4.78, 5) is 0. The lowest BCUT2D eigenvalue weighted by molar-refractivity contribution is 0.419. The van der Waals surface area contributed by atoms with Crippen LogP contribution in [-0.4, -0.2) is 5.11 Å². The minimum absolute atomic E-state index is 0.0578. The Morgan fingerprint density at radius 2 is 1.10 bits per heavy atom. The highest BCUT2D eigenvalue weighted by atomic mass is 16.3. The topological polar surface area (TPSA) is 20.2 Å². The molecule has 0 radical (unpaired) electrons. The molecule has 0 aliphatic heterocycles. The lowest BCUT2D eigenvalue weighted by Crippen LogP contribution is -2.23. The van der Waals surface area contributed by atoms with Crippen LogP contribution in [-0.2, 0) is 16.2 Å². The Morgan fingerprint density at radius 1 is 0.700 bits per heavy atom. The van der Waals surface area contributed by atoms with Crippen LogP contribution in [0.25, 0.3) is 0 Å². The van der Waals surface area contributed by atoms with Gasteiger partial charge in [0.2, 0.25) is 0 Å². The Balaban J connectivity index is 3.86. The van der Waals surface area contributed by atoms with E-state index in [-0.39, 0.29) is 16.2 Å². The predicted molar refractivity (Wildman–Crippen MR) is 88.9 cm³/mol. The summed E-state index contributed by atoms with van der Waals surface area (Å²) in [5.74, 6) is 0.482. The van der Waals surface area contributed by atoms with Gasteiger partial charge >= 0.3 is 0 Å². The van der Waals surface area contributed by atoms with E-state index in [0.717, 1.165) is 11.1 Å². The van der Waals surface area contributed by atoms with Gasteiger partial charge in [0.25, 0.3) is 0 Å². The summed E-state index contributed by atoms with van der Waals surface area (Å²) in [6.45, 7) is 21.9. The molecule has 0 amide bonds. The molecule has 0 heterocycles. The summed E-state index contributed by atoms with van der Waals surface area (Å²) in [5.41, 5.74) is 4.68. The van der Waals surface area contributed by atoms with Gasteiger partial charge in [0.1, 0.15) is 5.75 Å². The van der Waals surface area contributed by atoms with Crippen molar-refractivity contribution in [3.63, 3.8) is 0 Å². The highest BCUT2D eigenvalue weighted by Crippen LogP contribution is 2.44. The van der Waals surface area contributed by atoms with Gasteiger partial charge in [-0.15, -0.1) is 0 Å². The van der Waals surface area contributed by atoms with Crippen molar-refractivity contribution in [1.82, 2.24) is 0 Å². The Labute approximate surface area is 125 Å². The van der Waals surface area contributed by atoms with E-state index in [2.05, 4.69) is 75.3 Å². The fraction of sp³-hybridized carbons (Fsp3) is 0.684. The van der Waals surface area contributed by atoms with Gasteiger partial charge in [-0.1, -0.05) is 68.4 Å². The third-order valence-electron chi connectivity index (χ3n) is 3.93. The Kier molecular flexibility index (Phi) is 4.09. The summed E-state index contributed by atoms with van der Waals surface area (Å²) >= 11 is 0. The molecule has 0 spiro atoms. The van der Waals surface area contributed by atoms with Gasteiger partial charge in [0, 0.05) is 5.56 Å². The van der Waals surface area contributed by atoms with Crippen LogP contribution in [0.15, 0.2) is 6.07 Å². The Bertz CT molecular complexity index is 464. The zero-order valence-electron chi connectivity index (χ0n) is 15.0. The van der Waals surface area contributed by atoms with Crippen LogP contribution in [0.4, 0.5) is 0 Å². The first kappa shape index (κ1) is 17.1. The summed E-state index contributed by atoms with van der Waals surface area (Å²) in [7, 11) is 0. The van der Waals surface area contributed by atoms with E-state index in [1.807, 2.05) is 0 Å². The molecule has 0 aliphatic rings. The van der Waals surface area contributed by atoms with Crippen molar-refractivity contribution in [3.8, 4) is 5.75 Å². The number of hydrogen-bond donors (Lipinski definition) is 1. The molecule has 1 heteroatoms. The van der Waals surface area contributed by atoms with Crippen molar-refractivity contribution in [2.75, 3.05) is 0 Å². The van der Waals surface area contributed by atoms with Crippen molar-refractivity contribution in [3.05, 3.63) is 28.3 Å². The smallest absolute Gasteiger partial charge is 0.123 e. The molecule has 0 aromatic heterocycles. The van der Waals surface area contributed by atoms with Gasteiger partial charge in [0.05, 0.1) is 0 Å². The molecule has 1 aromatic carbocycles. The Hall–Kier alpha value is -0.980. The molecule has 1 aromatic rings. The van der Waals surface area contributed by atoms with Crippen LogP contribution < -0.4 is 0 Å². The average Bonchev–Trinajstić information content (AvgIpc) is 2.10. The molecule has 1 nitrogen and oxygen atoms in total. The first-order valence-corrected chi connectivity index (χ1v) is 7.55. The molecule has 114 valence electrons. The number of phenolic OH excluding ortho intramolecular Hbond substituents is 1. The molecule has 0 fully saturated rings. The minimum Gasteiger partial charge on any atom is -0.507 e. The van der Waals surface area contributed by atoms with E-state index in [1.54, 1.807) is 0 Å². The fourth-order valence-corrected chi connectivity index (χ4v) is 3.04. The van der Waals surface area contributed by atoms with Crippen LogP contribution in [0.2, 0.25) is 0 Å². The number of benzene rings is 1. The zero-order valence-corrected chi connectivity index (χ0v) is 15.0. The molecule has 0 saturated carbocycles. The lowest BCUT2D eigenvalue weighted by Gasteiger charge is -2.33. The first-order chi connectivity index (χ1) is 8.67. The molecule has 0 aliphatic carbocycles. The van der Waals surface area contributed by atoms with Crippen LogP contribution in [0.5, 0.6) is 5.75 Å². The highest BCUT2D eigenvalue weighted by Gasteiger charge is 2.31. The van der Waals surface area contributed by atoms with Crippen LogP contribution in [0.1, 0.15) is 84.6 Å². The molecule has 1 rings (SSSR count). The van der Waals surface area contributed by atoms with Crippen molar-refractivity contribution in [1.29, 1.82) is 0 Å². The maximum Gasteiger partial charge on any atom is 0.123 e. The van der Waals surface area contributed by atoms with Crippen molar-refractivity contribution >= 4 is 0 Å². The normalized spacial score (nSPS) is 13.7. The predicted octanol–water partition coefficient (Wildman–Crippen LogP) is 5.59. The average molecular weight is 276 g/mol. The molecule has 0 saturated heterocycles. The first-order valence-electron chi connectivity index (χ1n) is 7.55. The van der Waals surface area contributed by atoms with E-state index in [1.165, 1.54) is 11.1 Å². The zero-order chi connectivity index (χ0) is 16.1. The van der Waals surface area contributed by atoms with Gasteiger partial charge in [-0.25, -0.2) is 0 Å². The van der Waals surface area contributed by atoms with Crippen molar-refractivity contribution in [2.24, 2.45) is 0 Å². The molecular formula is C19H32O. The van der Waals surface area contributed by atoms with Gasteiger partial charge in [-0.05, 0) is 39.9 Å². The molecule has 1 N–H and O–H groups in total.